The standard InChI is InChI=1S/C18H18ClN3O3S/c1-24-15-5-4-11(19)7-16(15)26-21-12-8-14-17(20-9-12)25-10-13-3-2-6-22(13)18(14)23/h4-5,7-9,13,21H,2-3,6,10H2,1H3. The molecule has 2 aromatic rings. The normalized spacial score (nSPS) is 18.6. The molecule has 26 heavy (non-hydrogen) atoms. The third kappa shape index (κ3) is 3.29. The summed E-state index contributed by atoms with van der Waals surface area (Å²) in [6.45, 7) is 1.28. The van der Waals surface area contributed by atoms with Gasteiger partial charge in [-0.15, -0.1) is 0 Å². The fraction of sp³-hybridized carbons (Fsp3) is 0.333. The second-order valence-electron chi connectivity index (χ2n) is 6.18. The van der Waals surface area contributed by atoms with Crippen LogP contribution in [0.2, 0.25) is 5.02 Å². The highest BCUT2D eigenvalue weighted by atomic mass is 35.5. The minimum absolute atomic E-state index is 0.0125. The first-order valence-electron chi connectivity index (χ1n) is 8.36. The van der Waals surface area contributed by atoms with Crippen molar-refractivity contribution in [2.24, 2.45) is 0 Å². The number of hydrogen-bond donors (Lipinski definition) is 1. The number of methoxy groups -OCH3 is 1. The largest absolute Gasteiger partial charge is 0.496 e. The van der Waals surface area contributed by atoms with Gasteiger partial charge < -0.3 is 19.1 Å². The predicted molar refractivity (Wildman–Crippen MR) is 101 cm³/mol. The van der Waals surface area contributed by atoms with Crippen molar-refractivity contribution in [3.63, 3.8) is 0 Å². The van der Waals surface area contributed by atoms with E-state index < -0.39 is 0 Å². The minimum Gasteiger partial charge on any atom is -0.496 e. The predicted octanol–water partition coefficient (Wildman–Crippen LogP) is 3.86. The van der Waals surface area contributed by atoms with Crippen LogP contribution in [-0.2, 0) is 0 Å². The van der Waals surface area contributed by atoms with Crippen LogP contribution in [0.4, 0.5) is 5.69 Å². The summed E-state index contributed by atoms with van der Waals surface area (Å²) in [7, 11) is 1.61. The van der Waals surface area contributed by atoms with Gasteiger partial charge in [0.05, 0.1) is 29.9 Å². The smallest absolute Gasteiger partial charge is 0.259 e. The average Bonchev–Trinajstić information content (AvgIpc) is 3.08. The van der Waals surface area contributed by atoms with Crippen LogP contribution in [0.15, 0.2) is 35.4 Å². The number of nitrogens with zero attached hydrogens (tertiary/aromatic N) is 2. The van der Waals surface area contributed by atoms with Gasteiger partial charge in [0, 0.05) is 11.6 Å². The molecule has 2 aliphatic heterocycles. The van der Waals surface area contributed by atoms with Crippen LogP contribution < -0.4 is 14.2 Å². The molecular weight excluding hydrogens is 374 g/mol. The zero-order valence-electron chi connectivity index (χ0n) is 14.2. The number of carbonyl (C=O) groups excluding carboxylic acids is 1. The zero-order valence-corrected chi connectivity index (χ0v) is 15.8. The van der Waals surface area contributed by atoms with E-state index >= 15 is 0 Å². The monoisotopic (exact) mass is 391 g/mol. The number of pyridine rings is 1. The van der Waals surface area contributed by atoms with E-state index in [1.807, 2.05) is 17.0 Å². The maximum Gasteiger partial charge on any atom is 0.259 e. The van der Waals surface area contributed by atoms with Crippen LogP contribution in [-0.4, -0.2) is 42.1 Å². The number of benzene rings is 1. The van der Waals surface area contributed by atoms with Crippen molar-refractivity contribution in [3.05, 3.63) is 41.0 Å². The fourth-order valence-corrected chi connectivity index (χ4v) is 4.24. The molecule has 0 saturated carbocycles. The van der Waals surface area contributed by atoms with Crippen LogP contribution in [0, 0.1) is 0 Å². The molecule has 1 aromatic heterocycles. The molecule has 1 fully saturated rings. The summed E-state index contributed by atoms with van der Waals surface area (Å²) in [5.74, 6) is 1.11. The summed E-state index contributed by atoms with van der Waals surface area (Å²) in [5, 5.41) is 0.624. The van der Waals surface area contributed by atoms with E-state index in [1.54, 1.807) is 25.4 Å². The third-order valence-corrected chi connectivity index (χ3v) is 5.65. The van der Waals surface area contributed by atoms with Crippen LogP contribution in [0.1, 0.15) is 23.2 Å². The van der Waals surface area contributed by atoms with Gasteiger partial charge in [0.2, 0.25) is 5.88 Å². The van der Waals surface area contributed by atoms with E-state index in [-0.39, 0.29) is 11.9 Å². The Kier molecular flexibility index (Phi) is 4.82. The van der Waals surface area contributed by atoms with Gasteiger partial charge in [-0.3, -0.25) is 4.79 Å². The molecule has 0 bridgehead atoms. The van der Waals surface area contributed by atoms with Crippen molar-refractivity contribution in [1.29, 1.82) is 0 Å². The lowest BCUT2D eigenvalue weighted by atomic mass is 10.2. The number of aromatic nitrogens is 1. The number of halogens is 1. The van der Waals surface area contributed by atoms with Crippen molar-refractivity contribution < 1.29 is 14.3 Å². The highest BCUT2D eigenvalue weighted by molar-refractivity contribution is 8.00. The Labute approximate surface area is 161 Å². The van der Waals surface area contributed by atoms with E-state index in [0.29, 0.717) is 34.5 Å². The lowest BCUT2D eigenvalue weighted by Gasteiger charge is -2.20. The molecule has 0 aliphatic carbocycles. The van der Waals surface area contributed by atoms with Gasteiger partial charge >= 0.3 is 0 Å². The molecule has 4 rings (SSSR count). The average molecular weight is 392 g/mol. The first-order valence-corrected chi connectivity index (χ1v) is 9.55. The maximum absolute atomic E-state index is 12.8. The second kappa shape index (κ2) is 7.25. The van der Waals surface area contributed by atoms with Gasteiger partial charge in [-0.05, 0) is 49.1 Å². The van der Waals surface area contributed by atoms with Crippen molar-refractivity contribution in [3.8, 4) is 11.6 Å². The number of carbonyl (C=O) groups is 1. The van der Waals surface area contributed by atoms with E-state index in [2.05, 4.69) is 9.71 Å². The molecule has 1 amide bonds. The molecule has 136 valence electrons. The summed E-state index contributed by atoms with van der Waals surface area (Å²) >= 11 is 7.41. The maximum atomic E-state index is 12.8. The number of rotatable bonds is 4. The van der Waals surface area contributed by atoms with Crippen molar-refractivity contribution in [2.45, 2.75) is 23.8 Å². The van der Waals surface area contributed by atoms with Crippen molar-refractivity contribution in [1.82, 2.24) is 9.88 Å². The quantitative estimate of drug-likeness (QED) is 0.798. The fourth-order valence-electron chi connectivity index (χ4n) is 3.23. The van der Waals surface area contributed by atoms with Crippen LogP contribution in [0.25, 0.3) is 0 Å². The lowest BCUT2D eigenvalue weighted by molar-refractivity contribution is 0.0726. The van der Waals surface area contributed by atoms with Crippen LogP contribution >= 0.6 is 23.5 Å². The molecule has 1 aromatic carbocycles. The molecule has 1 N–H and O–H groups in total. The van der Waals surface area contributed by atoms with Gasteiger partial charge in [-0.2, -0.15) is 0 Å². The molecule has 6 nitrogen and oxygen atoms in total. The van der Waals surface area contributed by atoms with Gasteiger partial charge in [-0.25, -0.2) is 4.98 Å². The van der Waals surface area contributed by atoms with E-state index in [0.717, 1.165) is 24.3 Å². The molecular formula is C18H18ClN3O3S. The summed E-state index contributed by atoms with van der Waals surface area (Å²) in [5.41, 5.74) is 1.21. The molecule has 8 heteroatoms. The lowest BCUT2D eigenvalue weighted by Crippen LogP contribution is -2.36. The van der Waals surface area contributed by atoms with Crippen molar-refractivity contribution >= 4 is 35.1 Å². The molecule has 1 atom stereocenters. The van der Waals surface area contributed by atoms with Gasteiger partial charge in [0.15, 0.2) is 0 Å². The Hall–Kier alpha value is -2.12. The van der Waals surface area contributed by atoms with E-state index in [9.17, 15) is 4.79 Å². The summed E-state index contributed by atoms with van der Waals surface area (Å²) < 4.78 is 14.3. The van der Waals surface area contributed by atoms with Crippen LogP contribution in [0.5, 0.6) is 11.6 Å². The summed E-state index contributed by atoms with van der Waals surface area (Å²) in [6.07, 6.45) is 3.66. The van der Waals surface area contributed by atoms with Gasteiger partial charge in [0.1, 0.15) is 17.9 Å². The van der Waals surface area contributed by atoms with E-state index in [4.69, 9.17) is 21.1 Å². The zero-order chi connectivity index (χ0) is 18.1. The first kappa shape index (κ1) is 17.3. The molecule has 0 radical (unpaired) electrons. The minimum atomic E-state index is -0.0125. The van der Waals surface area contributed by atoms with Gasteiger partial charge in [-0.1, -0.05) is 11.6 Å². The Morgan fingerprint density at radius 3 is 3.15 bits per heavy atom. The molecule has 0 spiro atoms. The van der Waals surface area contributed by atoms with Gasteiger partial charge in [0.25, 0.3) is 5.91 Å². The highest BCUT2D eigenvalue weighted by Crippen LogP contribution is 2.34. The SMILES string of the molecule is COc1ccc(Cl)cc1SNc1cnc2c(c1)C(=O)N1CCCC1CO2. The number of fused-ring (bicyclic) bond motifs is 2. The third-order valence-electron chi connectivity index (χ3n) is 4.54. The Morgan fingerprint density at radius 1 is 1.42 bits per heavy atom. The molecule has 1 saturated heterocycles. The molecule has 3 heterocycles. The summed E-state index contributed by atoms with van der Waals surface area (Å²) in [4.78, 5) is 19.9. The Bertz CT molecular complexity index is 848. The number of nitrogens with one attached hydrogen (secondary N) is 1. The molecule has 2 aliphatic rings. The number of ether oxygens (including phenoxy) is 2. The number of hydrogen-bond acceptors (Lipinski definition) is 6. The van der Waals surface area contributed by atoms with E-state index in [1.165, 1.54) is 11.9 Å². The number of amides is 1. The highest BCUT2D eigenvalue weighted by Gasteiger charge is 2.35. The number of anilines is 1. The Morgan fingerprint density at radius 2 is 2.31 bits per heavy atom. The Balaban J connectivity index is 1.55. The molecule has 1 unspecified atom stereocenters. The van der Waals surface area contributed by atoms with Crippen LogP contribution in [0.3, 0.4) is 0 Å². The van der Waals surface area contributed by atoms with Crippen molar-refractivity contribution in [2.75, 3.05) is 25.0 Å². The second-order valence-corrected chi connectivity index (χ2v) is 7.47. The summed E-state index contributed by atoms with van der Waals surface area (Å²) in [6, 6.07) is 7.34. The first-order chi connectivity index (χ1) is 12.7. The topological polar surface area (TPSA) is 63.7 Å².